The number of carbonyl (C=O) groups is 1. The van der Waals surface area contributed by atoms with Crippen LogP contribution in [-0.2, 0) is 7.05 Å². The summed E-state index contributed by atoms with van der Waals surface area (Å²) in [5, 5.41) is 7.14. The molecule has 8 nitrogen and oxygen atoms in total. The van der Waals surface area contributed by atoms with Crippen molar-refractivity contribution in [3.8, 4) is 0 Å². The van der Waals surface area contributed by atoms with Gasteiger partial charge in [-0.2, -0.15) is 4.68 Å². The van der Waals surface area contributed by atoms with Crippen LogP contribution in [0.4, 0.5) is 0 Å². The average Bonchev–Trinajstić information content (AvgIpc) is 2.71. The molecule has 0 spiro atoms. The highest BCUT2D eigenvalue weighted by Gasteiger charge is 2.13. The second-order valence-corrected chi connectivity index (χ2v) is 2.65. The van der Waals surface area contributed by atoms with Crippen molar-refractivity contribution >= 4 is 11.6 Å². The zero-order valence-corrected chi connectivity index (χ0v) is 9.21. The number of fused-ring (bicyclic) bond motifs is 1. The summed E-state index contributed by atoms with van der Waals surface area (Å²) in [7, 11) is 1.44. The van der Waals surface area contributed by atoms with E-state index in [2.05, 4.69) is 15.3 Å². The average molecular weight is 226 g/mol. The van der Waals surface area contributed by atoms with Crippen LogP contribution >= 0.6 is 0 Å². The van der Waals surface area contributed by atoms with E-state index in [9.17, 15) is 9.59 Å². The lowest BCUT2D eigenvalue weighted by atomic mass is 10.4. The van der Waals surface area contributed by atoms with Crippen molar-refractivity contribution in [2.45, 2.75) is 13.8 Å². The van der Waals surface area contributed by atoms with Crippen molar-refractivity contribution in [3.05, 3.63) is 22.5 Å². The first-order chi connectivity index (χ1) is 7.61. The Labute approximate surface area is 92.2 Å². The molecule has 0 radical (unpaired) electrons. The summed E-state index contributed by atoms with van der Waals surface area (Å²) < 4.78 is 2.13. The lowest BCUT2D eigenvalue weighted by molar-refractivity contribution is 0.0997. The number of nitrogens with two attached hydrogens (primary N) is 1. The minimum absolute atomic E-state index is 0. The number of aryl methyl sites for hydroxylation is 1. The van der Waals surface area contributed by atoms with Crippen LogP contribution in [0.5, 0.6) is 0 Å². The van der Waals surface area contributed by atoms with E-state index >= 15 is 0 Å². The third-order valence-corrected chi connectivity index (χ3v) is 1.73. The van der Waals surface area contributed by atoms with E-state index in [1.54, 1.807) is 0 Å². The number of carbonyl (C=O) groups excluding carboxylic acids is 1. The Balaban J connectivity index is 0.000000811. The van der Waals surface area contributed by atoms with Crippen LogP contribution in [0.2, 0.25) is 0 Å². The molecule has 8 heteroatoms. The summed E-state index contributed by atoms with van der Waals surface area (Å²) in [5.41, 5.74) is 4.60. The molecule has 0 aliphatic heterocycles. The topological polar surface area (TPSA) is 108 Å². The summed E-state index contributed by atoms with van der Waals surface area (Å²) in [6, 6.07) is 0. The van der Waals surface area contributed by atoms with Crippen molar-refractivity contribution in [2.75, 3.05) is 0 Å². The monoisotopic (exact) mass is 226 g/mol. The van der Waals surface area contributed by atoms with E-state index in [1.807, 2.05) is 13.8 Å². The summed E-state index contributed by atoms with van der Waals surface area (Å²) in [4.78, 5) is 25.9. The van der Waals surface area contributed by atoms with Crippen molar-refractivity contribution in [1.82, 2.24) is 24.4 Å². The van der Waals surface area contributed by atoms with Crippen LogP contribution in [0.15, 0.2) is 11.1 Å². The largest absolute Gasteiger partial charge is 0.364 e. The normalized spacial score (nSPS) is 9.69. The van der Waals surface area contributed by atoms with Crippen LogP contribution in [0.25, 0.3) is 5.65 Å². The molecule has 0 bridgehead atoms. The number of hydrogen-bond acceptors (Lipinski definition) is 5. The van der Waals surface area contributed by atoms with Crippen LogP contribution < -0.4 is 11.4 Å². The van der Waals surface area contributed by atoms with Crippen molar-refractivity contribution in [1.29, 1.82) is 0 Å². The van der Waals surface area contributed by atoms with Gasteiger partial charge in [0.05, 0.1) is 0 Å². The van der Waals surface area contributed by atoms with Gasteiger partial charge in [0.15, 0.2) is 11.3 Å². The molecule has 0 saturated heterocycles. The molecular formula is C8H14N6O2. The van der Waals surface area contributed by atoms with E-state index in [-0.39, 0.29) is 12.8 Å². The molecule has 0 aliphatic carbocycles. The van der Waals surface area contributed by atoms with Crippen molar-refractivity contribution in [2.24, 2.45) is 12.8 Å². The van der Waals surface area contributed by atoms with Gasteiger partial charge in [-0.1, -0.05) is 19.1 Å². The van der Waals surface area contributed by atoms with Gasteiger partial charge in [-0.15, -0.1) is 5.10 Å². The van der Waals surface area contributed by atoms with E-state index < -0.39 is 11.6 Å². The maximum Gasteiger partial charge on any atom is 0.352 e. The molecule has 16 heavy (non-hydrogen) atoms. The molecule has 2 rings (SSSR count). The predicted molar refractivity (Wildman–Crippen MR) is 58.0 cm³/mol. The standard InChI is InChI=1S/C6H6N6O2.C2H6.H2/c1-11-6(14)12-2-8-3(4(7)13)5(12)9-10-11;1-2;/h2H,1H3,(H2,7,13);1-2H3;1H. The fourth-order valence-corrected chi connectivity index (χ4v) is 1.05. The minimum Gasteiger partial charge on any atom is -0.364 e. The number of rotatable bonds is 1. The van der Waals surface area contributed by atoms with Gasteiger partial charge < -0.3 is 5.73 Å². The third kappa shape index (κ3) is 1.76. The van der Waals surface area contributed by atoms with Gasteiger partial charge in [0.2, 0.25) is 0 Å². The molecule has 0 saturated carbocycles. The fourth-order valence-electron chi connectivity index (χ4n) is 1.05. The van der Waals surface area contributed by atoms with Gasteiger partial charge in [-0.05, 0) is 0 Å². The molecule has 2 N–H and O–H groups in total. The molecule has 88 valence electrons. The fraction of sp³-hybridized carbons (Fsp3) is 0.375. The highest BCUT2D eigenvalue weighted by Crippen LogP contribution is 2.00. The van der Waals surface area contributed by atoms with Gasteiger partial charge in [0.1, 0.15) is 6.33 Å². The first kappa shape index (κ1) is 11.8. The lowest BCUT2D eigenvalue weighted by Gasteiger charge is -1.95. The Morgan fingerprint density at radius 1 is 1.50 bits per heavy atom. The molecular weight excluding hydrogens is 212 g/mol. The smallest absolute Gasteiger partial charge is 0.352 e. The number of primary amides is 1. The molecule has 0 unspecified atom stereocenters. The highest BCUT2D eigenvalue weighted by molar-refractivity contribution is 5.96. The Hall–Kier alpha value is -2.25. The van der Waals surface area contributed by atoms with Gasteiger partial charge in [-0.25, -0.2) is 14.2 Å². The highest BCUT2D eigenvalue weighted by atomic mass is 16.2. The van der Waals surface area contributed by atoms with Crippen LogP contribution in [-0.4, -0.2) is 30.3 Å². The molecule has 2 heterocycles. The molecule has 0 fully saturated rings. The zero-order chi connectivity index (χ0) is 12.3. The molecule has 2 aromatic rings. The Morgan fingerprint density at radius 2 is 2.12 bits per heavy atom. The van der Waals surface area contributed by atoms with E-state index in [4.69, 9.17) is 5.73 Å². The second-order valence-electron chi connectivity index (χ2n) is 2.65. The Bertz CT molecular complexity index is 575. The maximum absolute atomic E-state index is 11.4. The van der Waals surface area contributed by atoms with Gasteiger partial charge in [-0.3, -0.25) is 4.79 Å². The third-order valence-electron chi connectivity index (χ3n) is 1.73. The van der Waals surface area contributed by atoms with Gasteiger partial charge >= 0.3 is 5.69 Å². The molecule has 1 amide bonds. The van der Waals surface area contributed by atoms with Crippen molar-refractivity contribution in [3.63, 3.8) is 0 Å². The zero-order valence-electron chi connectivity index (χ0n) is 9.21. The van der Waals surface area contributed by atoms with E-state index in [0.29, 0.717) is 0 Å². The van der Waals surface area contributed by atoms with Gasteiger partial charge in [0, 0.05) is 8.47 Å². The lowest BCUT2D eigenvalue weighted by Crippen LogP contribution is -2.27. The summed E-state index contributed by atoms with van der Waals surface area (Å²) in [6.45, 7) is 4.00. The Morgan fingerprint density at radius 3 is 2.69 bits per heavy atom. The number of hydrogen-bond donors (Lipinski definition) is 1. The SMILES string of the molecule is CC.Cn1nnc2c(C(N)=O)ncn2c1=O.[HH]. The minimum atomic E-state index is -0.741. The Kier molecular flexibility index (Phi) is 3.33. The van der Waals surface area contributed by atoms with E-state index in [1.165, 1.54) is 13.4 Å². The van der Waals surface area contributed by atoms with E-state index in [0.717, 1.165) is 9.08 Å². The van der Waals surface area contributed by atoms with Crippen LogP contribution in [0.1, 0.15) is 25.8 Å². The number of imidazole rings is 1. The van der Waals surface area contributed by atoms with Crippen molar-refractivity contribution < 1.29 is 6.22 Å². The summed E-state index contributed by atoms with van der Waals surface area (Å²) in [6.07, 6.45) is 1.19. The molecule has 0 aliphatic rings. The number of nitrogens with zero attached hydrogens (tertiary/aromatic N) is 5. The van der Waals surface area contributed by atoms with Crippen LogP contribution in [0, 0.1) is 0 Å². The molecule has 0 atom stereocenters. The predicted octanol–water partition coefficient (Wildman–Crippen LogP) is -0.806. The first-order valence-electron chi connectivity index (χ1n) is 4.68. The summed E-state index contributed by atoms with van der Waals surface area (Å²) >= 11 is 0. The second kappa shape index (κ2) is 4.51. The first-order valence-corrected chi connectivity index (χ1v) is 4.68. The van der Waals surface area contributed by atoms with Crippen LogP contribution in [0.3, 0.4) is 0 Å². The van der Waals surface area contributed by atoms with Gasteiger partial charge in [0.25, 0.3) is 5.91 Å². The quantitative estimate of drug-likeness (QED) is 0.684. The maximum atomic E-state index is 11.4. The number of amides is 1. The molecule has 2 aromatic heterocycles. The summed E-state index contributed by atoms with van der Waals surface area (Å²) in [5.74, 6) is -0.741. The number of aromatic nitrogens is 5. The molecule has 0 aromatic carbocycles.